The minimum absolute atomic E-state index is 0.526. The van der Waals surface area contributed by atoms with Gasteiger partial charge in [-0.3, -0.25) is 0 Å². The first-order valence-electron chi connectivity index (χ1n) is 3.56. The quantitative estimate of drug-likeness (QED) is 0.272. The third-order valence-electron chi connectivity index (χ3n) is 1.87. The zero-order chi connectivity index (χ0) is 9.30. The van der Waals surface area contributed by atoms with Crippen LogP contribution in [0.25, 0.3) is 0 Å². The van der Waals surface area contributed by atoms with Crippen LogP contribution in [0.15, 0.2) is 0 Å². The van der Waals surface area contributed by atoms with Crippen molar-refractivity contribution in [3.8, 4) is 0 Å². The Kier molecular flexibility index (Phi) is 2.99. The van der Waals surface area contributed by atoms with E-state index in [0.717, 1.165) is 0 Å². The van der Waals surface area contributed by atoms with Crippen molar-refractivity contribution in [2.75, 3.05) is 6.61 Å². The monoisotopic (exact) mass is 181 g/mol. The summed E-state index contributed by atoms with van der Waals surface area (Å²) in [4.78, 5) is 0. The van der Waals surface area contributed by atoms with Gasteiger partial charge in [0.05, 0.1) is 6.61 Å². The van der Waals surface area contributed by atoms with Crippen molar-refractivity contribution in [1.29, 1.82) is 0 Å². The first-order chi connectivity index (χ1) is 5.57. The van der Waals surface area contributed by atoms with Crippen LogP contribution in [0, 0.1) is 0 Å². The molecule has 5 N–H and O–H groups in total. The molecule has 0 bridgehead atoms. The molecule has 1 heterocycles. The van der Waals surface area contributed by atoms with Crippen molar-refractivity contribution in [3.63, 3.8) is 0 Å². The standard InChI is InChI=1S/C6H12O6/c7-1-2-3(8)4(9)5(10)6(11)12-2/h2-11H,1H2/t2-,3+,4+,5-,6?/m1/s1/i4+1. The molecule has 0 amide bonds. The van der Waals surface area contributed by atoms with Gasteiger partial charge in [-0.1, -0.05) is 0 Å². The van der Waals surface area contributed by atoms with Gasteiger partial charge in [-0.2, -0.15) is 0 Å². The van der Waals surface area contributed by atoms with Gasteiger partial charge in [-0.25, -0.2) is 0 Å². The largest absolute Gasteiger partial charge is 0.394 e. The normalized spacial score (nSPS) is 49.2. The number of hydrogen-bond donors (Lipinski definition) is 5. The van der Waals surface area contributed by atoms with Crippen LogP contribution in [0.5, 0.6) is 0 Å². The first-order valence-corrected chi connectivity index (χ1v) is 3.56. The van der Waals surface area contributed by atoms with Gasteiger partial charge in [0.15, 0.2) is 6.29 Å². The molecule has 0 radical (unpaired) electrons. The maximum absolute atomic E-state index is 9.12. The van der Waals surface area contributed by atoms with E-state index in [1.165, 1.54) is 0 Å². The Morgan fingerprint density at radius 2 is 1.50 bits per heavy atom. The minimum atomic E-state index is -1.57. The molecule has 1 rings (SSSR count). The lowest BCUT2D eigenvalue weighted by Gasteiger charge is -2.37. The van der Waals surface area contributed by atoms with E-state index >= 15 is 0 Å². The molecule has 1 unspecified atom stereocenters. The molecule has 12 heavy (non-hydrogen) atoms. The van der Waals surface area contributed by atoms with Gasteiger partial charge in [0.2, 0.25) is 0 Å². The van der Waals surface area contributed by atoms with Gasteiger partial charge in [-0.05, 0) is 0 Å². The molecule has 1 saturated heterocycles. The van der Waals surface area contributed by atoms with Crippen LogP contribution in [0.2, 0.25) is 0 Å². The van der Waals surface area contributed by atoms with E-state index in [2.05, 4.69) is 4.74 Å². The summed E-state index contributed by atoms with van der Waals surface area (Å²) in [7, 11) is 0. The summed E-state index contributed by atoms with van der Waals surface area (Å²) < 4.78 is 4.58. The Labute approximate surface area is 68.6 Å². The second-order valence-corrected chi connectivity index (χ2v) is 2.72. The SMILES string of the molecule is OC[C@H]1OC(O)[C@H](O)[13C@@H](O)[C@H]1O. The fraction of sp³-hybridized carbons (Fsp3) is 1.00. The molecule has 0 saturated carbocycles. The van der Waals surface area contributed by atoms with Crippen molar-refractivity contribution >= 4 is 0 Å². The molecule has 0 aromatic heterocycles. The Hall–Kier alpha value is -0.240. The van der Waals surface area contributed by atoms with E-state index in [9.17, 15) is 0 Å². The zero-order valence-electron chi connectivity index (χ0n) is 6.24. The molecular formula is C6H12O6. The fourth-order valence-corrected chi connectivity index (χ4v) is 1.08. The number of hydrogen-bond acceptors (Lipinski definition) is 6. The van der Waals surface area contributed by atoms with Crippen molar-refractivity contribution in [2.24, 2.45) is 0 Å². The number of aliphatic hydroxyl groups is 5. The zero-order valence-corrected chi connectivity index (χ0v) is 6.24. The fourth-order valence-electron chi connectivity index (χ4n) is 1.08. The van der Waals surface area contributed by atoms with Crippen LogP contribution in [-0.4, -0.2) is 62.8 Å². The predicted molar refractivity (Wildman–Crippen MR) is 36.0 cm³/mol. The molecule has 1 aliphatic heterocycles. The molecule has 5 atom stereocenters. The summed E-state index contributed by atoms with van der Waals surface area (Å²) in [5.74, 6) is 0. The van der Waals surface area contributed by atoms with E-state index < -0.39 is 37.3 Å². The second-order valence-electron chi connectivity index (χ2n) is 2.72. The summed E-state index contributed by atoms with van der Waals surface area (Å²) in [6.07, 6.45) is -7.04. The highest BCUT2D eigenvalue weighted by Gasteiger charge is 2.42. The summed E-state index contributed by atoms with van der Waals surface area (Å²) in [5, 5.41) is 44.7. The lowest BCUT2D eigenvalue weighted by Crippen LogP contribution is -2.58. The Morgan fingerprint density at radius 1 is 0.917 bits per heavy atom. The van der Waals surface area contributed by atoms with Gasteiger partial charge < -0.3 is 30.3 Å². The van der Waals surface area contributed by atoms with Gasteiger partial charge in [0.25, 0.3) is 0 Å². The number of aliphatic hydroxyl groups excluding tert-OH is 5. The van der Waals surface area contributed by atoms with Gasteiger partial charge in [0, 0.05) is 0 Å². The van der Waals surface area contributed by atoms with Crippen LogP contribution in [0.3, 0.4) is 0 Å². The maximum atomic E-state index is 9.12. The molecule has 0 aromatic rings. The summed E-state index contributed by atoms with van der Waals surface area (Å²) >= 11 is 0. The highest BCUT2D eigenvalue weighted by molar-refractivity contribution is 4.87. The number of rotatable bonds is 1. The molecule has 6 heteroatoms. The van der Waals surface area contributed by atoms with E-state index in [1.807, 2.05) is 0 Å². The van der Waals surface area contributed by atoms with Crippen molar-refractivity contribution in [2.45, 2.75) is 30.7 Å². The predicted octanol–water partition coefficient (Wildman–Crippen LogP) is -3.22. The molecule has 1 aliphatic rings. The van der Waals surface area contributed by atoms with Crippen molar-refractivity contribution < 1.29 is 30.3 Å². The molecule has 0 spiro atoms. The Balaban J connectivity index is 2.63. The smallest absolute Gasteiger partial charge is 0.184 e. The summed E-state index contributed by atoms with van der Waals surface area (Å²) in [6, 6.07) is 0. The Bertz CT molecular complexity index is 146. The van der Waals surface area contributed by atoms with Crippen molar-refractivity contribution in [3.05, 3.63) is 0 Å². The lowest BCUT2D eigenvalue weighted by molar-refractivity contribution is -0.286. The van der Waals surface area contributed by atoms with Gasteiger partial charge >= 0.3 is 0 Å². The number of ether oxygens (including phenoxy) is 1. The lowest BCUT2D eigenvalue weighted by atomic mass is 10.2. The highest BCUT2D eigenvalue weighted by atomic mass is 16.6. The first kappa shape index (κ1) is 9.85. The molecule has 0 aromatic carbocycles. The topological polar surface area (TPSA) is 110 Å². The highest BCUT2D eigenvalue weighted by Crippen LogP contribution is 2.18. The van der Waals surface area contributed by atoms with E-state index in [0.29, 0.717) is 0 Å². The van der Waals surface area contributed by atoms with Crippen LogP contribution in [0.4, 0.5) is 0 Å². The minimum Gasteiger partial charge on any atom is -0.394 e. The third-order valence-corrected chi connectivity index (χ3v) is 1.87. The molecule has 1 fully saturated rings. The molecular weight excluding hydrogens is 169 g/mol. The maximum Gasteiger partial charge on any atom is 0.184 e. The average Bonchev–Trinajstić information content (AvgIpc) is 2.08. The molecule has 6 nitrogen and oxygen atoms in total. The van der Waals surface area contributed by atoms with Gasteiger partial charge in [-0.15, -0.1) is 0 Å². The van der Waals surface area contributed by atoms with Crippen LogP contribution < -0.4 is 0 Å². The van der Waals surface area contributed by atoms with Crippen LogP contribution >= 0.6 is 0 Å². The van der Waals surface area contributed by atoms with E-state index in [1.54, 1.807) is 0 Å². The third kappa shape index (κ3) is 1.58. The van der Waals surface area contributed by atoms with Gasteiger partial charge in [0.1, 0.15) is 24.4 Å². The van der Waals surface area contributed by atoms with Crippen LogP contribution in [-0.2, 0) is 4.74 Å². The Morgan fingerprint density at radius 3 is 2.00 bits per heavy atom. The molecule has 72 valence electrons. The second kappa shape index (κ2) is 3.65. The molecule has 0 aliphatic carbocycles. The van der Waals surface area contributed by atoms with E-state index in [4.69, 9.17) is 25.5 Å². The van der Waals surface area contributed by atoms with Crippen LogP contribution in [0.1, 0.15) is 0 Å². The summed E-state index contributed by atoms with van der Waals surface area (Å²) in [5.41, 5.74) is 0. The van der Waals surface area contributed by atoms with E-state index in [-0.39, 0.29) is 0 Å². The summed E-state index contributed by atoms with van der Waals surface area (Å²) in [6.45, 7) is -0.526. The van der Waals surface area contributed by atoms with Crippen molar-refractivity contribution in [1.82, 2.24) is 0 Å². The average molecular weight is 181 g/mol.